The van der Waals surface area contributed by atoms with Gasteiger partial charge in [0.1, 0.15) is 18.3 Å². The second-order valence-electron chi connectivity index (χ2n) is 7.98. The van der Waals surface area contributed by atoms with E-state index in [0.29, 0.717) is 37.9 Å². The van der Waals surface area contributed by atoms with Crippen molar-refractivity contribution in [3.05, 3.63) is 17.5 Å². The molecular weight excluding hydrogens is 430 g/mol. The number of carbonyl (C=O) groups is 3. The predicted molar refractivity (Wildman–Crippen MR) is 108 cm³/mol. The fourth-order valence-corrected chi connectivity index (χ4v) is 4.12. The molecular formula is C20H30F2N4O6. The number of amides is 2. The molecule has 2 aliphatic rings. The van der Waals surface area contributed by atoms with E-state index in [9.17, 15) is 23.5 Å². The number of aryl methyl sites for hydroxylation is 1. The number of nitrogens with zero attached hydrogens (tertiary/aromatic N) is 3. The summed E-state index contributed by atoms with van der Waals surface area (Å²) in [6.45, 7) is 1.96. The van der Waals surface area contributed by atoms with Gasteiger partial charge in [0.2, 0.25) is 11.8 Å². The number of likely N-dealkylation sites (tertiary alicyclic amines) is 1. The molecule has 1 aliphatic carbocycles. The topological polar surface area (TPSA) is 134 Å². The first-order chi connectivity index (χ1) is 15.2. The monoisotopic (exact) mass is 460 g/mol. The summed E-state index contributed by atoms with van der Waals surface area (Å²) in [6.07, 6.45) is -1.00. The summed E-state index contributed by atoms with van der Waals surface area (Å²) < 4.78 is 31.9. The maximum absolute atomic E-state index is 12.7. The normalized spacial score (nSPS) is 25.2. The number of nitrogens with one attached hydrogen (secondary N) is 1. The lowest BCUT2D eigenvalue weighted by Gasteiger charge is -2.31. The lowest BCUT2D eigenvalue weighted by molar-refractivity contribution is -0.136. The van der Waals surface area contributed by atoms with Gasteiger partial charge in [-0.25, -0.2) is 8.78 Å². The quantitative estimate of drug-likeness (QED) is 0.533. The molecule has 1 aromatic rings. The van der Waals surface area contributed by atoms with Crippen molar-refractivity contribution in [3.8, 4) is 0 Å². The van der Waals surface area contributed by atoms with Gasteiger partial charge < -0.3 is 25.2 Å². The number of β-amino-alcohol motifs (C(OH)–C–C–N with tert-alkyl or cyclic N) is 1. The Morgan fingerprint density at radius 3 is 2.44 bits per heavy atom. The first kappa shape index (κ1) is 25.7. The van der Waals surface area contributed by atoms with Gasteiger partial charge in [-0.05, 0) is 38.7 Å². The Bertz CT molecular complexity index is 782. The van der Waals surface area contributed by atoms with Crippen LogP contribution in [0.4, 0.5) is 8.78 Å². The third kappa shape index (κ3) is 6.70. The van der Waals surface area contributed by atoms with Crippen molar-refractivity contribution in [1.82, 2.24) is 20.0 Å². The summed E-state index contributed by atoms with van der Waals surface area (Å²) in [5.41, 5.74) is 0.170. The summed E-state index contributed by atoms with van der Waals surface area (Å²) in [5, 5.41) is 23.5. The van der Waals surface area contributed by atoms with Crippen molar-refractivity contribution >= 4 is 18.3 Å². The molecule has 3 N–H and O–H groups in total. The second-order valence-corrected chi connectivity index (χ2v) is 7.98. The van der Waals surface area contributed by atoms with Crippen LogP contribution in [-0.2, 0) is 25.7 Å². The van der Waals surface area contributed by atoms with Crippen LogP contribution >= 0.6 is 0 Å². The Morgan fingerprint density at radius 1 is 1.31 bits per heavy atom. The Labute approximate surface area is 184 Å². The van der Waals surface area contributed by atoms with Crippen molar-refractivity contribution in [3.63, 3.8) is 0 Å². The minimum Gasteiger partial charge on any atom is -0.483 e. The van der Waals surface area contributed by atoms with Crippen LogP contribution in [0.1, 0.15) is 43.5 Å². The average Bonchev–Trinajstić information content (AvgIpc) is 3.31. The smallest absolute Gasteiger partial charge is 0.290 e. The molecule has 1 saturated carbocycles. The van der Waals surface area contributed by atoms with Gasteiger partial charge in [-0.3, -0.25) is 19.1 Å². The molecule has 3 rings (SSSR count). The first-order valence-corrected chi connectivity index (χ1v) is 10.4. The molecule has 2 heterocycles. The SMILES string of the molecule is CO[C@H]1CN(C(=O)C2CCC(NC(=O)Cn3nc(C(F)F)cc3C)CC2)C[C@@H]1O.O=CO. The molecule has 2 fully saturated rings. The zero-order valence-electron chi connectivity index (χ0n) is 18.1. The number of hydrogen-bond donors (Lipinski definition) is 3. The molecule has 180 valence electrons. The van der Waals surface area contributed by atoms with E-state index in [1.54, 1.807) is 11.8 Å². The summed E-state index contributed by atoms with van der Waals surface area (Å²) in [4.78, 5) is 35.0. The van der Waals surface area contributed by atoms with Crippen molar-refractivity contribution in [2.75, 3.05) is 20.2 Å². The number of halogens is 2. The number of aliphatic hydroxyl groups is 1. The highest BCUT2D eigenvalue weighted by Crippen LogP contribution is 2.28. The molecule has 1 aliphatic heterocycles. The Balaban J connectivity index is 0.00000114. The second kappa shape index (κ2) is 11.9. The fraction of sp³-hybridized carbons (Fsp3) is 0.700. The fourth-order valence-electron chi connectivity index (χ4n) is 4.12. The van der Waals surface area contributed by atoms with Gasteiger partial charge in [-0.15, -0.1) is 0 Å². The highest BCUT2D eigenvalue weighted by atomic mass is 19.3. The number of carbonyl (C=O) groups excluding carboxylic acids is 2. The third-order valence-electron chi connectivity index (χ3n) is 5.81. The highest BCUT2D eigenvalue weighted by Gasteiger charge is 2.37. The molecule has 32 heavy (non-hydrogen) atoms. The molecule has 1 aromatic heterocycles. The summed E-state index contributed by atoms with van der Waals surface area (Å²) in [5.74, 6) is -0.370. The van der Waals surface area contributed by atoms with Crippen LogP contribution in [-0.4, -0.2) is 81.6 Å². The molecule has 10 nitrogen and oxygen atoms in total. The van der Waals surface area contributed by atoms with Crippen LogP contribution in [0.3, 0.4) is 0 Å². The van der Waals surface area contributed by atoms with Gasteiger partial charge in [0, 0.05) is 37.9 Å². The van der Waals surface area contributed by atoms with Crippen LogP contribution in [0.2, 0.25) is 0 Å². The van der Waals surface area contributed by atoms with Gasteiger partial charge in [0.25, 0.3) is 12.9 Å². The molecule has 1 saturated heterocycles. The molecule has 2 atom stereocenters. The number of methoxy groups -OCH3 is 1. The number of aliphatic hydroxyl groups excluding tert-OH is 1. The highest BCUT2D eigenvalue weighted by molar-refractivity contribution is 5.79. The van der Waals surface area contributed by atoms with E-state index in [4.69, 9.17) is 14.6 Å². The van der Waals surface area contributed by atoms with Crippen LogP contribution in [0.15, 0.2) is 6.07 Å². The number of alkyl halides is 2. The lowest BCUT2D eigenvalue weighted by atomic mass is 9.85. The van der Waals surface area contributed by atoms with Crippen molar-refractivity contribution in [2.45, 2.75) is 63.8 Å². The third-order valence-corrected chi connectivity index (χ3v) is 5.81. The maximum Gasteiger partial charge on any atom is 0.290 e. The average molecular weight is 460 g/mol. The van der Waals surface area contributed by atoms with E-state index in [-0.39, 0.29) is 55.1 Å². The van der Waals surface area contributed by atoms with E-state index in [1.165, 1.54) is 17.9 Å². The number of rotatable bonds is 6. The Kier molecular flexibility index (Phi) is 9.51. The minimum atomic E-state index is -2.67. The van der Waals surface area contributed by atoms with Crippen molar-refractivity contribution in [1.29, 1.82) is 0 Å². The Morgan fingerprint density at radius 2 is 1.94 bits per heavy atom. The number of carboxylic acid groups (broad SMARTS) is 1. The van der Waals surface area contributed by atoms with E-state index >= 15 is 0 Å². The molecule has 0 radical (unpaired) electrons. The molecule has 0 bridgehead atoms. The first-order valence-electron chi connectivity index (χ1n) is 10.4. The zero-order valence-corrected chi connectivity index (χ0v) is 18.1. The summed E-state index contributed by atoms with van der Waals surface area (Å²) in [7, 11) is 1.52. The molecule has 0 spiro atoms. The standard InChI is InChI=1S/C19H28F2N4O4.CH2O2/c1-11-7-14(18(20)21)23-25(11)10-17(27)22-13-5-3-12(4-6-13)19(28)24-8-15(26)16(9-24)29-2;2-1-3/h7,12-13,15-16,18,26H,3-6,8-10H2,1-2H3,(H,22,27);1H,(H,2,3)/t12?,13?,15-,16-;/m0./s1. The van der Waals surface area contributed by atoms with Crippen LogP contribution in [0, 0.1) is 12.8 Å². The van der Waals surface area contributed by atoms with Crippen molar-refractivity contribution < 1.29 is 38.1 Å². The minimum absolute atomic E-state index is 0.0278. The van der Waals surface area contributed by atoms with Gasteiger partial charge in [-0.1, -0.05) is 0 Å². The summed E-state index contributed by atoms with van der Waals surface area (Å²) >= 11 is 0. The molecule has 12 heteroatoms. The van der Waals surface area contributed by atoms with Gasteiger partial charge >= 0.3 is 0 Å². The van der Waals surface area contributed by atoms with Gasteiger partial charge in [0.05, 0.1) is 6.10 Å². The van der Waals surface area contributed by atoms with Crippen LogP contribution in [0.5, 0.6) is 0 Å². The van der Waals surface area contributed by atoms with Gasteiger partial charge in [0.15, 0.2) is 0 Å². The molecule has 0 aromatic carbocycles. The van der Waals surface area contributed by atoms with Crippen molar-refractivity contribution in [2.24, 2.45) is 5.92 Å². The lowest BCUT2D eigenvalue weighted by Crippen LogP contribution is -2.43. The number of hydrogen-bond acceptors (Lipinski definition) is 6. The maximum atomic E-state index is 12.7. The van der Waals surface area contributed by atoms with E-state index in [0.717, 1.165) is 0 Å². The van der Waals surface area contributed by atoms with E-state index in [2.05, 4.69) is 10.4 Å². The number of aromatic nitrogens is 2. The van der Waals surface area contributed by atoms with E-state index < -0.39 is 12.5 Å². The van der Waals surface area contributed by atoms with Crippen LogP contribution in [0.25, 0.3) is 0 Å². The number of ether oxygens (including phenoxy) is 1. The molecule has 2 amide bonds. The largest absolute Gasteiger partial charge is 0.483 e. The predicted octanol–water partition coefficient (Wildman–Crippen LogP) is 0.723. The molecule has 0 unspecified atom stereocenters. The zero-order chi connectivity index (χ0) is 23.8. The van der Waals surface area contributed by atoms with Crippen LogP contribution < -0.4 is 5.32 Å². The Hall–Kier alpha value is -2.60. The van der Waals surface area contributed by atoms with E-state index in [1.807, 2.05) is 0 Å². The van der Waals surface area contributed by atoms with Gasteiger partial charge in [-0.2, -0.15) is 5.10 Å². The summed E-state index contributed by atoms with van der Waals surface area (Å²) in [6, 6.07) is 1.23.